The number of piperazine rings is 1. The first-order valence-electron chi connectivity index (χ1n) is 8.54. The molecule has 0 saturated carbocycles. The van der Waals surface area contributed by atoms with Crippen molar-refractivity contribution in [2.45, 2.75) is 45.2 Å². The molecule has 2 heterocycles. The van der Waals surface area contributed by atoms with E-state index in [0.717, 1.165) is 13.1 Å². The summed E-state index contributed by atoms with van der Waals surface area (Å²) in [7, 11) is 0. The van der Waals surface area contributed by atoms with Gasteiger partial charge in [-0.1, -0.05) is 12.1 Å². The van der Waals surface area contributed by atoms with E-state index < -0.39 is 0 Å². The molecule has 2 saturated heterocycles. The highest BCUT2D eigenvalue weighted by Gasteiger charge is 2.19. The summed E-state index contributed by atoms with van der Waals surface area (Å²) in [5.74, 6) is 0. The van der Waals surface area contributed by atoms with Gasteiger partial charge in [0, 0.05) is 44.0 Å². The molecule has 1 aromatic rings. The minimum Gasteiger partial charge on any atom is -0.369 e. The summed E-state index contributed by atoms with van der Waals surface area (Å²) < 4.78 is 0. The summed E-state index contributed by atoms with van der Waals surface area (Å²) >= 11 is 0. The van der Waals surface area contributed by atoms with Crippen LogP contribution in [0.15, 0.2) is 24.3 Å². The molecule has 0 aliphatic carbocycles. The van der Waals surface area contributed by atoms with Gasteiger partial charge in [-0.15, -0.1) is 0 Å². The third kappa shape index (κ3) is 3.78. The van der Waals surface area contributed by atoms with E-state index in [0.29, 0.717) is 12.1 Å². The minimum atomic E-state index is 0.674. The molecule has 116 valence electrons. The standard InChI is InChI=1S/C18H29N3/c1-15(2)20-10-12-21(13-11-20)18-7-5-16(6-8-18)14-17-4-3-9-19-17/h5-8,15,17,19H,3-4,9-14H2,1-2H3. The summed E-state index contributed by atoms with van der Waals surface area (Å²) in [4.78, 5) is 5.09. The van der Waals surface area contributed by atoms with E-state index in [4.69, 9.17) is 0 Å². The molecule has 0 bridgehead atoms. The fourth-order valence-corrected chi connectivity index (χ4v) is 3.55. The predicted molar refractivity (Wildman–Crippen MR) is 90.1 cm³/mol. The molecule has 1 unspecified atom stereocenters. The van der Waals surface area contributed by atoms with E-state index in [1.54, 1.807) is 0 Å². The molecule has 2 fully saturated rings. The first kappa shape index (κ1) is 14.9. The molecule has 1 aromatic carbocycles. The van der Waals surface area contributed by atoms with Crippen LogP contribution >= 0.6 is 0 Å². The van der Waals surface area contributed by atoms with E-state index in [1.807, 2.05) is 0 Å². The SMILES string of the molecule is CC(C)N1CCN(c2ccc(CC3CCCN3)cc2)CC1. The van der Waals surface area contributed by atoms with E-state index in [2.05, 4.69) is 53.2 Å². The molecular formula is C18H29N3. The van der Waals surface area contributed by atoms with Crippen LogP contribution in [-0.2, 0) is 6.42 Å². The van der Waals surface area contributed by atoms with Crippen LogP contribution in [0.1, 0.15) is 32.3 Å². The van der Waals surface area contributed by atoms with E-state index in [-0.39, 0.29) is 0 Å². The van der Waals surface area contributed by atoms with Crippen molar-refractivity contribution < 1.29 is 0 Å². The second kappa shape index (κ2) is 6.80. The van der Waals surface area contributed by atoms with Crippen molar-refractivity contribution in [2.24, 2.45) is 0 Å². The van der Waals surface area contributed by atoms with Gasteiger partial charge in [-0.05, 0) is 57.4 Å². The summed E-state index contributed by atoms with van der Waals surface area (Å²) in [5, 5.41) is 3.58. The van der Waals surface area contributed by atoms with Gasteiger partial charge < -0.3 is 10.2 Å². The Bertz CT molecular complexity index is 426. The smallest absolute Gasteiger partial charge is 0.0367 e. The average Bonchev–Trinajstić information content (AvgIpc) is 3.01. The van der Waals surface area contributed by atoms with Gasteiger partial charge in [0.05, 0.1) is 0 Å². The van der Waals surface area contributed by atoms with Gasteiger partial charge in [0.25, 0.3) is 0 Å². The summed E-state index contributed by atoms with van der Waals surface area (Å²) in [6.45, 7) is 10.5. The quantitative estimate of drug-likeness (QED) is 0.918. The van der Waals surface area contributed by atoms with Crippen molar-refractivity contribution in [1.29, 1.82) is 0 Å². The number of anilines is 1. The zero-order chi connectivity index (χ0) is 14.7. The van der Waals surface area contributed by atoms with Crippen molar-refractivity contribution in [2.75, 3.05) is 37.6 Å². The highest BCUT2D eigenvalue weighted by atomic mass is 15.3. The van der Waals surface area contributed by atoms with E-state index in [9.17, 15) is 0 Å². The second-order valence-corrected chi connectivity index (χ2v) is 6.78. The van der Waals surface area contributed by atoms with Crippen LogP contribution in [0, 0.1) is 0 Å². The molecule has 3 heteroatoms. The van der Waals surface area contributed by atoms with E-state index in [1.165, 1.54) is 50.1 Å². The molecule has 0 spiro atoms. The molecule has 0 amide bonds. The number of benzene rings is 1. The van der Waals surface area contributed by atoms with Crippen molar-refractivity contribution in [3.05, 3.63) is 29.8 Å². The van der Waals surface area contributed by atoms with Crippen LogP contribution in [0.5, 0.6) is 0 Å². The number of hydrogen-bond acceptors (Lipinski definition) is 3. The monoisotopic (exact) mass is 287 g/mol. The fraction of sp³-hybridized carbons (Fsp3) is 0.667. The third-order valence-corrected chi connectivity index (χ3v) is 4.99. The second-order valence-electron chi connectivity index (χ2n) is 6.78. The van der Waals surface area contributed by atoms with Gasteiger partial charge >= 0.3 is 0 Å². The molecule has 2 aliphatic heterocycles. The summed E-state index contributed by atoms with van der Waals surface area (Å²) in [5.41, 5.74) is 2.86. The lowest BCUT2D eigenvalue weighted by atomic mass is 10.0. The van der Waals surface area contributed by atoms with Crippen molar-refractivity contribution >= 4 is 5.69 Å². The van der Waals surface area contributed by atoms with Crippen LogP contribution in [0.4, 0.5) is 5.69 Å². The van der Waals surface area contributed by atoms with Gasteiger partial charge in [-0.25, -0.2) is 0 Å². The topological polar surface area (TPSA) is 18.5 Å². The number of hydrogen-bond donors (Lipinski definition) is 1. The molecule has 1 N–H and O–H groups in total. The maximum Gasteiger partial charge on any atom is 0.0367 e. The van der Waals surface area contributed by atoms with Gasteiger partial charge in [0.15, 0.2) is 0 Å². The largest absolute Gasteiger partial charge is 0.369 e. The first-order chi connectivity index (χ1) is 10.2. The zero-order valence-electron chi connectivity index (χ0n) is 13.5. The molecule has 3 nitrogen and oxygen atoms in total. The molecule has 1 atom stereocenters. The Morgan fingerprint density at radius 1 is 1.10 bits per heavy atom. The van der Waals surface area contributed by atoms with Crippen LogP contribution in [-0.4, -0.2) is 49.7 Å². The molecule has 0 radical (unpaired) electrons. The molecular weight excluding hydrogens is 258 g/mol. The van der Waals surface area contributed by atoms with Gasteiger partial charge in [-0.3, -0.25) is 4.90 Å². The lowest BCUT2D eigenvalue weighted by molar-refractivity contribution is 0.209. The highest BCUT2D eigenvalue weighted by Crippen LogP contribution is 2.20. The normalized spacial score (nSPS) is 24.0. The zero-order valence-corrected chi connectivity index (χ0v) is 13.5. The Balaban J connectivity index is 1.54. The first-order valence-corrected chi connectivity index (χ1v) is 8.54. The fourth-order valence-electron chi connectivity index (χ4n) is 3.55. The highest BCUT2D eigenvalue weighted by molar-refractivity contribution is 5.48. The van der Waals surface area contributed by atoms with Gasteiger partial charge in [0.2, 0.25) is 0 Å². The Labute approximate surface area is 129 Å². The van der Waals surface area contributed by atoms with Crippen molar-refractivity contribution in [1.82, 2.24) is 10.2 Å². The Hall–Kier alpha value is -1.06. The van der Waals surface area contributed by atoms with Crippen LogP contribution in [0.25, 0.3) is 0 Å². The van der Waals surface area contributed by atoms with Crippen LogP contribution in [0.2, 0.25) is 0 Å². The van der Waals surface area contributed by atoms with Gasteiger partial charge in [-0.2, -0.15) is 0 Å². The molecule has 2 aliphatic rings. The van der Waals surface area contributed by atoms with Crippen LogP contribution < -0.4 is 10.2 Å². The molecule has 3 rings (SSSR count). The van der Waals surface area contributed by atoms with E-state index >= 15 is 0 Å². The predicted octanol–water partition coefficient (Wildman–Crippen LogP) is 2.51. The summed E-state index contributed by atoms with van der Waals surface area (Å²) in [6.07, 6.45) is 3.85. The number of rotatable bonds is 4. The van der Waals surface area contributed by atoms with Crippen LogP contribution in [0.3, 0.4) is 0 Å². The average molecular weight is 287 g/mol. The third-order valence-electron chi connectivity index (χ3n) is 4.99. The Kier molecular flexibility index (Phi) is 4.81. The molecule has 21 heavy (non-hydrogen) atoms. The van der Waals surface area contributed by atoms with Crippen molar-refractivity contribution in [3.63, 3.8) is 0 Å². The Morgan fingerprint density at radius 2 is 1.81 bits per heavy atom. The summed E-state index contributed by atoms with van der Waals surface area (Å²) in [6, 6.07) is 10.7. The van der Waals surface area contributed by atoms with Crippen molar-refractivity contribution in [3.8, 4) is 0 Å². The maximum absolute atomic E-state index is 3.58. The Morgan fingerprint density at radius 3 is 2.38 bits per heavy atom. The number of nitrogens with zero attached hydrogens (tertiary/aromatic N) is 2. The lowest BCUT2D eigenvalue weighted by Crippen LogP contribution is -2.48. The number of nitrogens with one attached hydrogen (secondary N) is 1. The lowest BCUT2D eigenvalue weighted by Gasteiger charge is -2.38. The minimum absolute atomic E-state index is 0.674. The van der Waals surface area contributed by atoms with Gasteiger partial charge in [0.1, 0.15) is 0 Å². The maximum atomic E-state index is 3.58. The molecule has 0 aromatic heterocycles.